The van der Waals surface area contributed by atoms with Crippen LogP contribution in [0.15, 0.2) is 17.5 Å². The lowest BCUT2D eigenvalue weighted by Gasteiger charge is -2.26. The molecule has 0 atom stereocenters. The van der Waals surface area contributed by atoms with E-state index in [0.29, 0.717) is 0 Å². The molecule has 0 spiro atoms. The van der Waals surface area contributed by atoms with E-state index >= 15 is 0 Å². The Morgan fingerprint density at radius 3 is 2.88 bits per heavy atom. The summed E-state index contributed by atoms with van der Waals surface area (Å²) in [7, 11) is 0. The summed E-state index contributed by atoms with van der Waals surface area (Å²) >= 11 is 1.82. The lowest BCUT2D eigenvalue weighted by molar-refractivity contribution is -0.182. The summed E-state index contributed by atoms with van der Waals surface area (Å²) in [6, 6.07) is 4.31. The van der Waals surface area contributed by atoms with Crippen LogP contribution < -0.4 is 0 Å². The number of thiophene rings is 1. The van der Waals surface area contributed by atoms with Crippen LogP contribution in [0.1, 0.15) is 24.6 Å². The molecule has 0 amide bonds. The SMILES string of the molecule is CCN(CCC1OCCCO1)Cc1cccs1. The molecule has 1 aliphatic rings. The van der Waals surface area contributed by atoms with Gasteiger partial charge in [0.1, 0.15) is 0 Å². The highest BCUT2D eigenvalue weighted by Gasteiger charge is 2.15. The van der Waals surface area contributed by atoms with Crippen molar-refractivity contribution >= 4 is 11.3 Å². The third-order valence-corrected chi connectivity index (χ3v) is 3.85. The standard InChI is InChI=1S/C13H21NO2S/c1-2-14(11-12-5-3-10-17-12)7-6-13-15-8-4-9-16-13/h3,5,10,13H,2,4,6-9,11H2,1H3. The van der Waals surface area contributed by atoms with Gasteiger partial charge in [0, 0.05) is 24.4 Å². The Labute approximate surface area is 107 Å². The molecule has 17 heavy (non-hydrogen) atoms. The van der Waals surface area contributed by atoms with Gasteiger partial charge in [-0.2, -0.15) is 0 Å². The molecule has 2 rings (SSSR count). The lowest BCUT2D eigenvalue weighted by Crippen LogP contribution is -2.31. The molecule has 0 aliphatic carbocycles. The van der Waals surface area contributed by atoms with Crippen molar-refractivity contribution < 1.29 is 9.47 Å². The molecule has 2 heterocycles. The fourth-order valence-electron chi connectivity index (χ4n) is 1.96. The number of ether oxygens (including phenoxy) is 2. The molecule has 0 radical (unpaired) electrons. The molecule has 0 bridgehead atoms. The first-order valence-electron chi connectivity index (χ1n) is 6.36. The van der Waals surface area contributed by atoms with Crippen molar-refractivity contribution in [2.24, 2.45) is 0 Å². The van der Waals surface area contributed by atoms with Crippen LogP contribution in [-0.4, -0.2) is 37.5 Å². The van der Waals surface area contributed by atoms with Gasteiger partial charge >= 0.3 is 0 Å². The van der Waals surface area contributed by atoms with Gasteiger partial charge in [0.05, 0.1) is 13.2 Å². The van der Waals surface area contributed by atoms with Gasteiger partial charge in [-0.15, -0.1) is 11.3 Å². The smallest absolute Gasteiger partial charge is 0.158 e. The Bertz CT molecular complexity index is 296. The van der Waals surface area contributed by atoms with Crippen molar-refractivity contribution in [2.75, 3.05) is 26.3 Å². The highest BCUT2D eigenvalue weighted by molar-refractivity contribution is 7.09. The molecule has 4 heteroatoms. The molecule has 1 aromatic rings. The van der Waals surface area contributed by atoms with Crippen molar-refractivity contribution in [2.45, 2.75) is 32.6 Å². The first-order chi connectivity index (χ1) is 8.38. The number of hydrogen-bond acceptors (Lipinski definition) is 4. The number of hydrogen-bond donors (Lipinski definition) is 0. The highest BCUT2D eigenvalue weighted by Crippen LogP contribution is 2.14. The summed E-state index contributed by atoms with van der Waals surface area (Å²) in [5, 5.41) is 2.14. The molecule has 1 aromatic heterocycles. The molecule has 1 fully saturated rings. The fourth-order valence-corrected chi connectivity index (χ4v) is 2.71. The molecular formula is C13H21NO2S. The van der Waals surface area contributed by atoms with Crippen LogP contribution >= 0.6 is 11.3 Å². The molecule has 0 N–H and O–H groups in total. The first kappa shape index (κ1) is 13.0. The average molecular weight is 255 g/mol. The third kappa shape index (κ3) is 4.39. The second-order valence-corrected chi connectivity index (χ2v) is 5.29. The second kappa shape index (κ2) is 7.11. The van der Waals surface area contributed by atoms with Gasteiger partial charge in [0.25, 0.3) is 0 Å². The maximum Gasteiger partial charge on any atom is 0.158 e. The summed E-state index contributed by atoms with van der Waals surface area (Å²) in [6.07, 6.45) is 2.02. The monoisotopic (exact) mass is 255 g/mol. The van der Waals surface area contributed by atoms with Crippen molar-refractivity contribution in [3.05, 3.63) is 22.4 Å². The van der Waals surface area contributed by atoms with E-state index in [0.717, 1.165) is 45.7 Å². The van der Waals surface area contributed by atoms with Gasteiger partial charge in [0.2, 0.25) is 0 Å². The van der Waals surface area contributed by atoms with Crippen molar-refractivity contribution in [3.63, 3.8) is 0 Å². The molecule has 0 aromatic carbocycles. The van der Waals surface area contributed by atoms with E-state index in [1.54, 1.807) is 0 Å². The topological polar surface area (TPSA) is 21.7 Å². The molecule has 3 nitrogen and oxygen atoms in total. The Hall–Kier alpha value is -0.420. The fraction of sp³-hybridized carbons (Fsp3) is 0.692. The maximum absolute atomic E-state index is 5.56. The second-order valence-electron chi connectivity index (χ2n) is 4.26. The third-order valence-electron chi connectivity index (χ3n) is 2.98. The van der Waals surface area contributed by atoms with E-state index in [-0.39, 0.29) is 6.29 Å². The van der Waals surface area contributed by atoms with E-state index < -0.39 is 0 Å². The molecular weight excluding hydrogens is 234 g/mol. The van der Waals surface area contributed by atoms with Crippen LogP contribution in [0, 0.1) is 0 Å². The highest BCUT2D eigenvalue weighted by atomic mass is 32.1. The van der Waals surface area contributed by atoms with Crippen LogP contribution in [0.4, 0.5) is 0 Å². The molecule has 0 unspecified atom stereocenters. The molecule has 0 saturated carbocycles. The number of nitrogens with zero attached hydrogens (tertiary/aromatic N) is 1. The summed E-state index contributed by atoms with van der Waals surface area (Å²) < 4.78 is 11.1. The van der Waals surface area contributed by atoms with E-state index in [9.17, 15) is 0 Å². The summed E-state index contributed by atoms with van der Waals surface area (Å²) in [5.41, 5.74) is 0. The van der Waals surface area contributed by atoms with Crippen LogP contribution in [0.25, 0.3) is 0 Å². The van der Waals surface area contributed by atoms with Crippen LogP contribution in [0.5, 0.6) is 0 Å². The summed E-state index contributed by atoms with van der Waals surface area (Å²) in [4.78, 5) is 3.87. The zero-order valence-corrected chi connectivity index (χ0v) is 11.2. The van der Waals surface area contributed by atoms with Crippen LogP contribution in [0.3, 0.4) is 0 Å². The predicted octanol–water partition coefficient (Wildman–Crippen LogP) is 2.72. The largest absolute Gasteiger partial charge is 0.353 e. The van der Waals surface area contributed by atoms with Crippen LogP contribution in [-0.2, 0) is 16.0 Å². The molecule has 1 aliphatic heterocycles. The number of rotatable bonds is 6. The van der Waals surface area contributed by atoms with E-state index in [1.165, 1.54) is 4.88 Å². The van der Waals surface area contributed by atoms with E-state index in [4.69, 9.17) is 9.47 Å². The lowest BCUT2D eigenvalue weighted by atomic mass is 10.3. The van der Waals surface area contributed by atoms with Crippen molar-refractivity contribution in [1.82, 2.24) is 4.90 Å². The maximum atomic E-state index is 5.56. The van der Waals surface area contributed by atoms with Gasteiger partial charge in [-0.3, -0.25) is 4.90 Å². The Morgan fingerprint density at radius 2 is 2.24 bits per heavy atom. The van der Waals surface area contributed by atoms with Gasteiger partial charge in [-0.1, -0.05) is 13.0 Å². The average Bonchev–Trinajstić information content (AvgIpc) is 2.88. The van der Waals surface area contributed by atoms with Crippen molar-refractivity contribution in [1.29, 1.82) is 0 Å². The Morgan fingerprint density at radius 1 is 1.41 bits per heavy atom. The molecule has 1 saturated heterocycles. The van der Waals surface area contributed by atoms with Gasteiger partial charge < -0.3 is 9.47 Å². The molecule has 96 valence electrons. The zero-order valence-electron chi connectivity index (χ0n) is 10.4. The Kier molecular flexibility index (Phi) is 5.45. The van der Waals surface area contributed by atoms with Gasteiger partial charge in [-0.25, -0.2) is 0 Å². The zero-order chi connectivity index (χ0) is 11.9. The summed E-state index contributed by atoms with van der Waals surface area (Å²) in [5.74, 6) is 0. The summed E-state index contributed by atoms with van der Waals surface area (Å²) in [6.45, 7) is 7.06. The normalized spacial score (nSPS) is 17.8. The minimum Gasteiger partial charge on any atom is -0.353 e. The predicted molar refractivity (Wildman–Crippen MR) is 70.2 cm³/mol. The van der Waals surface area contributed by atoms with Gasteiger partial charge in [0.15, 0.2) is 6.29 Å². The van der Waals surface area contributed by atoms with E-state index in [2.05, 4.69) is 29.3 Å². The van der Waals surface area contributed by atoms with Crippen LogP contribution in [0.2, 0.25) is 0 Å². The quantitative estimate of drug-likeness (QED) is 0.780. The minimum absolute atomic E-state index is 0.0149. The van der Waals surface area contributed by atoms with Gasteiger partial charge in [-0.05, 0) is 24.4 Å². The Balaban J connectivity index is 1.71. The first-order valence-corrected chi connectivity index (χ1v) is 7.24. The van der Waals surface area contributed by atoms with E-state index in [1.807, 2.05) is 11.3 Å². The van der Waals surface area contributed by atoms with Crippen molar-refractivity contribution in [3.8, 4) is 0 Å². The minimum atomic E-state index is 0.0149.